The van der Waals surface area contributed by atoms with Crippen LogP contribution in [-0.2, 0) is 4.79 Å². The van der Waals surface area contributed by atoms with Gasteiger partial charge in [0.05, 0.1) is 17.9 Å². The molecule has 2 rings (SSSR count). The average Bonchev–Trinajstić information content (AvgIpc) is 3.16. The van der Waals surface area contributed by atoms with E-state index in [0.717, 1.165) is 19.5 Å². The van der Waals surface area contributed by atoms with Crippen molar-refractivity contribution in [3.05, 3.63) is 11.9 Å². The zero-order valence-electron chi connectivity index (χ0n) is 16.3. The van der Waals surface area contributed by atoms with Gasteiger partial charge < -0.3 is 27.4 Å². The first-order valence-electron chi connectivity index (χ1n) is 9.66. The molecule has 1 fully saturated rings. The van der Waals surface area contributed by atoms with Crippen LogP contribution in [0.4, 0.5) is 0 Å². The normalized spacial score (nSPS) is 18.0. The van der Waals surface area contributed by atoms with E-state index in [1.54, 1.807) is 4.68 Å². The topological polar surface area (TPSA) is 153 Å². The van der Waals surface area contributed by atoms with E-state index in [4.69, 9.17) is 17.2 Å². The van der Waals surface area contributed by atoms with Crippen molar-refractivity contribution in [2.24, 2.45) is 28.1 Å². The van der Waals surface area contributed by atoms with E-state index in [9.17, 15) is 4.79 Å². The molecule has 10 nitrogen and oxygen atoms in total. The van der Waals surface area contributed by atoms with Crippen LogP contribution in [0.15, 0.2) is 11.2 Å². The molecule has 2 heterocycles. The molecule has 0 radical (unpaired) electrons. The van der Waals surface area contributed by atoms with Crippen molar-refractivity contribution in [1.29, 1.82) is 0 Å². The maximum atomic E-state index is 13.1. The summed E-state index contributed by atoms with van der Waals surface area (Å²) in [6.45, 7) is 7.63. The largest absolute Gasteiger partial charge is 0.370 e. The molecule has 0 spiro atoms. The Kier molecular flexibility index (Phi) is 7.99. The summed E-state index contributed by atoms with van der Waals surface area (Å²) in [5, 5.41) is 11.7. The first-order valence-corrected chi connectivity index (χ1v) is 9.66. The number of amides is 1. The van der Waals surface area contributed by atoms with Gasteiger partial charge in [-0.15, -0.1) is 5.10 Å². The molecule has 27 heavy (non-hydrogen) atoms. The summed E-state index contributed by atoms with van der Waals surface area (Å²) in [5.41, 5.74) is 17.7. The SMILES string of the molecule is CC[C@H](C)[C@H](N)c1cn([C@@H](CCCN=C(N)N)C(=O)N2CCNCC2)nn1. The van der Waals surface area contributed by atoms with Crippen LogP contribution in [0.2, 0.25) is 0 Å². The molecular weight excluding hydrogens is 346 g/mol. The van der Waals surface area contributed by atoms with Gasteiger partial charge in [0.15, 0.2) is 5.96 Å². The average molecular weight is 380 g/mol. The molecule has 1 aliphatic heterocycles. The zero-order valence-corrected chi connectivity index (χ0v) is 16.3. The molecule has 1 aliphatic rings. The van der Waals surface area contributed by atoms with E-state index in [1.165, 1.54) is 0 Å². The highest BCUT2D eigenvalue weighted by molar-refractivity contribution is 5.80. The van der Waals surface area contributed by atoms with Gasteiger partial charge in [0, 0.05) is 32.7 Å². The van der Waals surface area contributed by atoms with Gasteiger partial charge in [-0.2, -0.15) is 0 Å². The Labute approximate surface area is 160 Å². The third-order valence-corrected chi connectivity index (χ3v) is 5.09. The molecule has 10 heteroatoms. The summed E-state index contributed by atoms with van der Waals surface area (Å²) in [6.07, 6.45) is 4.02. The lowest BCUT2D eigenvalue weighted by molar-refractivity contribution is -0.136. The Bertz CT molecular complexity index is 620. The molecule has 0 unspecified atom stereocenters. The third-order valence-electron chi connectivity index (χ3n) is 5.09. The molecule has 1 saturated heterocycles. The van der Waals surface area contributed by atoms with Crippen molar-refractivity contribution in [3.8, 4) is 0 Å². The minimum Gasteiger partial charge on any atom is -0.370 e. The second-order valence-electron chi connectivity index (χ2n) is 7.07. The fraction of sp³-hybridized carbons (Fsp3) is 0.765. The lowest BCUT2D eigenvalue weighted by Crippen LogP contribution is -2.48. The van der Waals surface area contributed by atoms with Crippen molar-refractivity contribution in [3.63, 3.8) is 0 Å². The Hall–Kier alpha value is -2.20. The number of rotatable bonds is 9. The third kappa shape index (κ3) is 5.90. The van der Waals surface area contributed by atoms with Gasteiger partial charge in [-0.1, -0.05) is 25.5 Å². The van der Waals surface area contributed by atoms with Crippen LogP contribution in [0.1, 0.15) is 50.9 Å². The number of hydrogen-bond donors (Lipinski definition) is 4. The van der Waals surface area contributed by atoms with Crippen LogP contribution in [-0.4, -0.2) is 64.5 Å². The Morgan fingerprint density at radius 1 is 1.37 bits per heavy atom. The number of hydrogen-bond acceptors (Lipinski definition) is 6. The van der Waals surface area contributed by atoms with Gasteiger partial charge in [-0.05, 0) is 18.8 Å². The van der Waals surface area contributed by atoms with Crippen molar-refractivity contribution >= 4 is 11.9 Å². The summed E-state index contributed by atoms with van der Waals surface area (Å²) in [7, 11) is 0. The van der Waals surface area contributed by atoms with E-state index in [2.05, 4.69) is 34.5 Å². The van der Waals surface area contributed by atoms with E-state index < -0.39 is 6.04 Å². The van der Waals surface area contributed by atoms with E-state index in [1.807, 2.05) is 11.1 Å². The van der Waals surface area contributed by atoms with Gasteiger partial charge >= 0.3 is 0 Å². The lowest BCUT2D eigenvalue weighted by Gasteiger charge is -2.30. The van der Waals surface area contributed by atoms with E-state index in [0.29, 0.717) is 44.1 Å². The number of carbonyl (C=O) groups excluding carboxylic acids is 1. The zero-order chi connectivity index (χ0) is 19.8. The van der Waals surface area contributed by atoms with Crippen LogP contribution in [0.3, 0.4) is 0 Å². The number of aliphatic imine (C=N–C) groups is 1. The quantitative estimate of drug-likeness (QED) is 0.252. The maximum Gasteiger partial charge on any atom is 0.247 e. The molecule has 152 valence electrons. The summed E-state index contributed by atoms with van der Waals surface area (Å²) in [5.74, 6) is 0.400. The second kappa shape index (κ2) is 10.2. The van der Waals surface area contributed by atoms with Gasteiger partial charge in [0.1, 0.15) is 6.04 Å². The number of nitrogens with one attached hydrogen (secondary N) is 1. The Balaban J connectivity index is 2.14. The fourth-order valence-corrected chi connectivity index (χ4v) is 3.10. The van der Waals surface area contributed by atoms with Crippen molar-refractivity contribution < 1.29 is 4.79 Å². The smallest absolute Gasteiger partial charge is 0.247 e. The highest BCUT2D eigenvalue weighted by atomic mass is 16.2. The summed E-state index contributed by atoms with van der Waals surface area (Å²) < 4.78 is 1.65. The number of carbonyl (C=O) groups is 1. The molecule has 0 saturated carbocycles. The van der Waals surface area contributed by atoms with Gasteiger partial charge in [0.2, 0.25) is 5.91 Å². The minimum absolute atomic E-state index is 0.0507. The lowest BCUT2D eigenvalue weighted by atomic mass is 9.98. The molecule has 7 N–H and O–H groups in total. The Morgan fingerprint density at radius 2 is 2.07 bits per heavy atom. The first-order chi connectivity index (χ1) is 12.9. The van der Waals surface area contributed by atoms with Crippen molar-refractivity contribution in [2.45, 2.75) is 45.2 Å². The molecule has 0 aliphatic carbocycles. The molecule has 1 amide bonds. The van der Waals surface area contributed by atoms with E-state index in [-0.39, 0.29) is 17.9 Å². The van der Waals surface area contributed by atoms with Crippen LogP contribution in [0.25, 0.3) is 0 Å². The summed E-state index contributed by atoms with van der Waals surface area (Å²) in [4.78, 5) is 19.0. The number of aromatic nitrogens is 3. The number of nitrogens with two attached hydrogens (primary N) is 3. The first kappa shape index (κ1) is 21.1. The predicted octanol–water partition coefficient (Wildman–Crippen LogP) is -0.649. The highest BCUT2D eigenvalue weighted by Crippen LogP contribution is 2.22. The Morgan fingerprint density at radius 3 is 2.70 bits per heavy atom. The number of piperazine rings is 1. The molecule has 0 bridgehead atoms. The molecule has 3 atom stereocenters. The van der Waals surface area contributed by atoms with Gasteiger partial charge in [-0.25, -0.2) is 4.68 Å². The summed E-state index contributed by atoms with van der Waals surface area (Å²) >= 11 is 0. The molecular formula is C17H33N9O. The standard InChI is InChI=1S/C17H33N9O/c1-3-12(2)15(18)13-11-26(24-23-13)14(5-4-6-22-17(19)20)16(27)25-9-7-21-8-10-25/h11-12,14-15,21H,3-10,18H2,1-2H3,(H4,19,20,22)/t12-,14-,15-/m0/s1. The van der Waals surface area contributed by atoms with Crippen molar-refractivity contribution in [2.75, 3.05) is 32.7 Å². The molecule has 1 aromatic heterocycles. The van der Waals surface area contributed by atoms with Crippen LogP contribution in [0, 0.1) is 5.92 Å². The van der Waals surface area contributed by atoms with Crippen molar-refractivity contribution in [1.82, 2.24) is 25.2 Å². The van der Waals surface area contributed by atoms with E-state index >= 15 is 0 Å². The van der Waals surface area contributed by atoms with Crippen LogP contribution < -0.4 is 22.5 Å². The number of guanidine groups is 1. The monoisotopic (exact) mass is 379 g/mol. The highest BCUT2D eigenvalue weighted by Gasteiger charge is 2.28. The maximum absolute atomic E-state index is 13.1. The summed E-state index contributed by atoms with van der Waals surface area (Å²) in [6, 6.07) is -0.622. The second-order valence-corrected chi connectivity index (χ2v) is 7.07. The number of nitrogens with zero attached hydrogens (tertiary/aromatic N) is 5. The fourth-order valence-electron chi connectivity index (χ4n) is 3.10. The van der Waals surface area contributed by atoms with Crippen LogP contribution >= 0.6 is 0 Å². The van der Waals surface area contributed by atoms with Gasteiger partial charge in [0.25, 0.3) is 0 Å². The molecule has 0 aromatic carbocycles. The van der Waals surface area contributed by atoms with Crippen LogP contribution in [0.5, 0.6) is 0 Å². The van der Waals surface area contributed by atoms with Gasteiger partial charge in [-0.3, -0.25) is 9.79 Å². The predicted molar refractivity (Wildman–Crippen MR) is 105 cm³/mol. The molecule has 1 aromatic rings. The minimum atomic E-state index is -0.428.